The zero-order chi connectivity index (χ0) is 20.1. The highest BCUT2D eigenvalue weighted by Gasteiger charge is 2.30. The molecule has 0 saturated heterocycles. The van der Waals surface area contributed by atoms with Gasteiger partial charge in [0.05, 0.1) is 5.69 Å². The van der Waals surface area contributed by atoms with Crippen molar-refractivity contribution in [1.82, 2.24) is 0 Å². The van der Waals surface area contributed by atoms with Crippen LogP contribution in [0.25, 0.3) is 0 Å². The largest absolute Gasteiger partial charge is 0.444 e. The van der Waals surface area contributed by atoms with Gasteiger partial charge in [0, 0.05) is 5.69 Å². The summed E-state index contributed by atoms with van der Waals surface area (Å²) in [7, 11) is 0. The van der Waals surface area contributed by atoms with Crippen LogP contribution >= 0.6 is 0 Å². The summed E-state index contributed by atoms with van der Waals surface area (Å²) in [5, 5.41) is 4.46. The van der Waals surface area contributed by atoms with Crippen LogP contribution in [0.15, 0.2) is 18.2 Å². The first-order chi connectivity index (χ1) is 11.8. The van der Waals surface area contributed by atoms with Gasteiger partial charge in [0.2, 0.25) is 0 Å². The second-order valence-corrected chi connectivity index (χ2v) is 6.38. The predicted molar refractivity (Wildman–Crippen MR) is 86.4 cm³/mol. The maximum atomic E-state index is 13.8. The number of carbonyl (C=O) groups excluding carboxylic acids is 2. The molecular weight excluding hydrogens is 360 g/mol. The van der Waals surface area contributed by atoms with Crippen molar-refractivity contribution in [2.45, 2.75) is 45.6 Å². The highest BCUT2D eigenvalue weighted by molar-refractivity contribution is 5.95. The van der Waals surface area contributed by atoms with E-state index in [0.717, 1.165) is 19.1 Å². The monoisotopic (exact) mass is 380 g/mol. The van der Waals surface area contributed by atoms with Gasteiger partial charge in [0.1, 0.15) is 24.1 Å². The number of hydrogen-bond donors (Lipinski definition) is 2. The second kappa shape index (κ2) is 8.35. The normalized spacial score (nSPS) is 13.1. The van der Waals surface area contributed by atoms with Crippen LogP contribution in [0.4, 0.5) is 33.7 Å². The maximum Gasteiger partial charge on any atom is 0.412 e. The Morgan fingerprint density at radius 2 is 1.77 bits per heavy atom. The van der Waals surface area contributed by atoms with Gasteiger partial charge in [-0.2, -0.15) is 13.2 Å². The molecule has 0 aliphatic rings. The lowest BCUT2D eigenvalue weighted by molar-refractivity contribution is -0.184. The van der Waals surface area contributed by atoms with Crippen molar-refractivity contribution in [1.29, 1.82) is 0 Å². The lowest BCUT2D eigenvalue weighted by atomic mass is 10.2. The third-order valence-corrected chi connectivity index (χ3v) is 2.74. The Balaban J connectivity index is 2.75. The van der Waals surface area contributed by atoms with Crippen LogP contribution in [0, 0.1) is 5.82 Å². The van der Waals surface area contributed by atoms with E-state index in [4.69, 9.17) is 4.74 Å². The van der Waals surface area contributed by atoms with Gasteiger partial charge in [-0.25, -0.2) is 9.18 Å². The minimum Gasteiger partial charge on any atom is -0.444 e. The quantitative estimate of drug-likeness (QED) is 0.755. The average molecular weight is 380 g/mol. The van der Waals surface area contributed by atoms with Crippen molar-refractivity contribution in [3.05, 3.63) is 24.0 Å². The van der Waals surface area contributed by atoms with Crippen molar-refractivity contribution in [2.24, 2.45) is 0 Å². The van der Waals surface area contributed by atoms with Crippen molar-refractivity contribution >= 4 is 23.4 Å². The number of rotatable bonds is 5. The van der Waals surface area contributed by atoms with Crippen LogP contribution in [0.5, 0.6) is 0 Å². The molecule has 6 nitrogen and oxygen atoms in total. The Hall–Kier alpha value is -2.36. The first-order valence-corrected chi connectivity index (χ1v) is 7.55. The maximum absolute atomic E-state index is 13.8. The summed E-state index contributed by atoms with van der Waals surface area (Å²) < 4.78 is 59.5. The molecule has 2 amide bonds. The molecule has 1 unspecified atom stereocenters. The van der Waals surface area contributed by atoms with E-state index >= 15 is 0 Å². The molecule has 0 radical (unpaired) electrons. The fourth-order valence-corrected chi connectivity index (χ4v) is 1.65. The number of amides is 2. The SMILES string of the molecule is CC(OCC(F)(F)F)C(=O)Nc1cc(NC(=O)OC(C)(C)C)ccc1F. The summed E-state index contributed by atoms with van der Waals surface area (Å²) in [6, 6.07) is 3.32. The van der Waals surface area contributed by atoms with Gasteiger partial charge in [-0.3, -0.25) is 10.1 Å². The Bertz CT molecular complexity index is 657. The van der Waals surface area contributed by atoms with Gasteiger partial charge in [-0.1, -0.05) is 0 Å². The van der Waals surface area contributed by atoms with E-state index < -0.39 is 42.3 Å². The zero-order valence-corrected chi connectivity index (χ0v) is 14.7. The van der Waals surface area contributed by atoms with E-state index in [9.17, 15) is 27.2 Å². The van der Waals surface area contributed by atoms with Crippen LogP contribution in [0.1, 0.15) is 27.7 Å². The Labute approximate surface area is 147 Å². The van der Waals surface area contributed by atoms with E-state index in [2.05, 4.69) is 15.4 Å². The Kier molecular flexibility index (Phi) is 6.96. The fraction of sp³-hybridized carbons (Fsp3) is 0.500. The van der Waals surface area contributed by atoms with E-state index in [-0.39, 0.29) is 11.4 Å². The molecule has 1 aromatic rings. The fourth-order valence-electron chi connectivity index (χ4n) is 1.65. The van der Waals surface area contributed by atoms with Gasteiger partial charge in [-0.15, -0.1) is 0 Å². The van der Waals surface area contributed by atoms with E-state index in [0.29, 0.717) is 0 Å². The van der Waals surface area contributed by atoms with Gasteiger partial charge in [-0.05, 0) is 45.9 Å². The predicted octanol–water partition coefficient (Wildman–Crippen LogP) is 4.08. The zero-order valence-electron chi connectivity index (χ0n) is 14.7. The van der Waals surface area contributed by atoms with Crippen molar-refractivity contribution < 1.29 is 36.6 Å². The second-order valence-electron chi connectivity index (χ2n) is 6.38. The number of nitrogens with one attached hydrogen (secondary N) is 2. The molecule has 0 bridgehead atoms. The summed E-state index contributed by atoms with van der Waals surface area (Å²) in [6.45, 7) is 4.47. The number of carbonyl (C=O) groups is 2. The molecule has 146 valence electrons. The molecule has 10 heteroatoms. The lowest BCUT2D eigenvalue weighted by Gasteiger charge is -2.20. The van der Waals surface area contributed by atoms with Crippen molar-refractivity contribution in [2.75, 3.05) is 17.2 Å². The highest BCUT2D eigenvalue weighted by Crippen LogP contribution is 2.21. The summed E-state index contributed by atoms with van der Waals surface area (Å²) in [6.07, 6.45) is -6.83. The molecule has 26 heavy (non-hydrogen) atoms. The molecule has 1 aromatic carbocycles. The van der Waals surface area contributed by atoms with Crippen molar-refractivity contribution in [3.63, 3.8) is 0 Å². The minimum atomic E-state index is -4.59. The topological polar surface area (TPSA) is 76.7 Å². The van der Waals surface area contributed by atoms with Gasteiger partial charge < -0.3 is 14.8 Å². The molecular formula is C16H20F4N2O4. The van der Waals surface area contributed by atoms with E-state index in [1.54, 1.807) is 20.8 Å². The number of ether oxygens (including phenoxy) is 2. The molecule has 0 aliphatic heterocycles. The molecule has 0 heterocycles. The number of benzene rings is 1. The first-order valence-electron chi connectivity index (χ1n) is 7.55. The molecule has 0 aliphatic carbocycles. The highest BCUT2D eigenvalue weighted by atomic mass is 19.4. The smallest absolute Gasteiger partial charge is 0.412 e. The molecule has 0 fully saturated rings. The summed E-state index contributed by atoms with van der Waals surface area (Å²) in [5.41, 5.74) is -0.947. The van der Waals surface area contributed by atoms with Crippen LogP contribution < -0.4 is 10.6 Å². The van der Waals surface area contributed by atoms with Crippen LogP contribution in [0.3, 0.4) is 0 Å². The van der Waals surface area contributed by atoms with Crippen LogP contribution in [-0.2, 0) is 14.3 Å². The number of hydrogen-bond acceptors (Lipinski definition) is 4. The molecule has 0 spiro atoms. The Morgan fingerprint density at radius 3 is 2.31 bits per heavy atom. The average Bonchev–Trinajstić information content (AvgIpc) is 2.45. The number of halogens is 4. The van der Waals surface area contributed by atoms with E-state index in [1.165, 1.54) is 6.07 Å². The Morgan fingerprint density at radius 1 is 1.15 bits per heavy atom. The van der Waals surface area contributed by atoms with Gasteiger partial charge in [0.15, 0.2) is 0 Å². The third kappa shape index (κ3) is 8.15. The van der Waals surface area contributed by atoms with E-state index in [1.807, 2.05) is 0 Å². The third-order valence-electron chi connectivity index (χ3n) is 2.74. The summed E-state index contributed by atoms with van der Waals surface area (Å²) in [5.74, 6) is -1.81. The number of anilines is 2. The molecule has 0 aromatic heterocycles. The minimum absolute atomic E-state index is 0.125. The molecule has 1 atom stereocenters. The van der Waals surface area contributed by atoms with Gasteiger partial charge >= 0.3 is 12.3 Å². The van der Waals surface area contributed by atoms with Crippen molar-refractivity contribution in [3.8, 4) is 0 Å². The molecule has 2 N–H and O–H groups in total. The van der Waals surface area contributed by atoms with Crippen LogP contribution in [-0.4, -0.2) is 36.5 Å². The standard InChI is InChI=1S/C16H20F4N2O4/c1-9(25-8-16(18,19)20)13(23)22-12-7-10(5-6-11(12)17)21-14(24)26-15(2,3)4/h5-7,9H,8H2,1-4H3,(H,21,24)(H,22,23). The summed E-state index contributed by atoms with van der Waals surface area (Å²) in [4.78, 5) is 23.5. The van der Waals surface area contributed by atoms with Gasteiger partial charge in [0.25, 0.3) is 5.91 Å². The number of alkyl halides is 3. The lowest BCUT2D eigenvalue weighted by Crippen LogP contribution is -2.31. The first kappa shape index (κ1) is 21.7. The molecule has 0 saturated carbocycles. The van der Waals surface area contributed by atoms with Crippen LogP contribution in [0.2, 0.25) is 0 Å². The molecule has 1 rings (SSSR count). The summed E-state index contributed by atoms with van der Waals surface area (Å²) >= 11 is 0.